The van der Waals surface area contributed by atoms with Gasteiger partial charge in [0.25, 0.3) is 5.91 Å². The molecule has 0 radical (unpaired) electrons. The van der Waals surface area contributed by atoms with Crippen molar-refractivity contribution >= 4 is 23.2 Å². The van der Waals surface area contributed by atoms with Gasteiger partial charge in [-0.05, 0) is 11.4 Å². The molecule has 0 saturated heterocycles. The Hall–Kier alpha value is -1.66. The van der Waals surface area contributed by atoms with Crippen molar-refractivity contribution in [3.63, 3.8) is 0 Å². The van der Waals surface area contributed by atoms with Crippen LogP contribution in [0.3, 0.4) is 0 Å². The number of thiophene rings is 1. The molecular weight excluding hydrogens is 252 g/mol. The van der Waals surface area contributed by atoms with Crippen LogP contribution in [0.15, 0.2) is 30.2 Å². The minimum absolute atomic E-state index is 0.0788. The zero-order chi connectivity index (χ0) is 13.4. The highest BCUT2D eigenvalue weighted by Gasteiger charge is 2.13. The lowest BCUT2D eigenvalue weighted by Gasteiger charge is -2.19. The Kier molecular flexibility index (Phi) is 6.10. The van der Waals surface area contributed by atoms with Crippen LogP contribution < -0.4 is 5.32 Å². The van der Waals surface area contributed by atoms with E-state index in [1.165, 1.54) is 16.2 Å². The van der Waals surface area contributed by atoms with Crippen LogP contribution in [0, 0.1) is 0 Å². The second kappa shape index (κ2) is 7.62. The van der Waals surface area contributed by atoms with Gasteiger partial charge in [0.15, 0.2) is 0 Å². The first-order valence-corrected chi connectivity index (χ1v) is 6.38. The summed E-state index contributed by atoms with van der Waals surface area (Å²) in [7, 11) is 0. The van der Waals surface area contributed by atoms with Gasteiger partial charge >= 0.3 is 0 Å². The second-order valence-corrected chi connectivity index (χ2v) is 4.46. The molecule has 1 rings (SSSR count). The molecule has 0 atom stereocenters. The third-order valence-corrected chi connectivity index (χ3v) is 3.09. The minimum Gasteiger partial charge on any atom is -0.395 e. The average molecular weight is 268 g/mol. The summed E-state index contributed by atoms with van der Waals surface area (Å²) in [5, 5.41) is 13.2. The molecule has 5 nitrogen and oxygen atoms in total. The van der Waals surface area contributed by atoms with Gasteiger partial charge in [-0.2, -0.15) is 0 Å². The average Bonchev–Trinajstić information content (AvgIpc) is 2.89. The molecule has 2 N–H and O–H groups in total. The fourth-order valence-electron chi connectivity index (χ4n) is 1.36. The molecule has 0 fully saturated rings. The maximum absolute atomic E-state index is 11.8. The molecule has 2 amide bonds. The Bertz CT molecular complexity index is 403. The topological polar surface area (TPSA) is 69.6 Å². The number of hydrogen-bond donors (Lipinski definition) is 2. The molecule has 0 aliphatic rings. The monoisotopic (exact) mass is 268 g/mol. The molecule has 18 heavy (non-hydrogen) atoms. The van der Waals surface area contributed by atoms with Crippen LogP contribution in [0.25, 0.3) is 0 Å². The van der Waals surface area contributed by atoms with E-state index in [2.05, 4.69) is 11.9 Å². The standard InChI is InChI=1S/C12H16N2O3S/c1-2-5-14(6-7-15)11(16)9-13-12(17)10-4-3-8-18-10/h2-4,8,15H,1,5-7,9H2,(H,13,17). The summed E-state index contributed by atoms with van der Waals surface area (Å²) in [6, 6.07) is 3.47. The number of nitrogens with zero attached hydrogens (tertiary/aromatic N) is 1. The van der Waals surface area contributed by atoms with E-state index in [-0.39, 0.29) is 31.5 Å². The van der Waals surface area contributed by atoms with E-state index in [1.54, 1.807) is 23.6 Å². The lowest BCUT2D eigenvalue weighted by atomic mass is 10.4. The van der Waals surface area contributed by atoms with Crippen LogP contribution in [-0.4, -0.2) is 48.1 Å². The Morgan fingerprint density at radius 2 is 2.33 bits per heavy atom. The summed E-state index contributed by atoms with van der Waals surface area (Å²) in [5.41, 5.74) is 0. The van der Waals surface area contributed by atoms with Crippen LogP contribution in [0.2, 0.25) is 0 Å². The molecule has 1 heterocycles. The van der Waals surface area contributed by atoms with Crippen LogP contribution >= 0.6 is 11.3 Å². The number of aliphatic hydroxyl groups is 1. The first-order chi connectivity index (χ1) is 8.69. The molecule has 0 bridgehead atoms. The van der Waals surface area contributed by atoms with Gasteiger partial charge in [-0.3, -0.25) is 9.59 Å². The normalized spacial score (nSPS) is 9.83. The van der Waals surface area contributed by atoms with Gasteiger partial charge < -0.3 is 15.3 Å². The van der Waals surface area contributed by atoms with Crippen LogP contribution in [-0.2, 0) is 4.79 Å². The summed E-state index contributed by atoms with van der Waals surface area (Å²) >= 11 is 1.32. The maximum Gasteiger partial charge on any atom is 0.261 e. The largest absolute Gasteiger partial charge is 0.395 e. The van der Waals surface area contributed by atoms with Gasteiger partial charge in [0, 0.05) is 13.1 Å². The number of rotatable bonds is 7. The highest BCUT2D eigenvalue weighted by Crippen LogP contribution is 2.07. The number of carbonyl (C=O) groups excluding carboxylic acids is 2. The van der Waals surface area contributed by atoms with Crippen LogP contribution in [0.4, 0.5) is 0 Å². The van der Waals surface area contributed by atoms with Crippen molar-refractivity contribution in [1.82, 2.24) is 10.2 Å². The molecule has 1 aromatic rings. The third-order valence-electron chi connectivity index (χ3n) is 2.22. The fraction of sp³-hybridized carbons (Fsp3) is 0.333. The summed E-state index contributed by atoms with van der Waals surface area (Å²) in [6.45, 7) is 3.94. The van der Waals surface area contributed by atoms with Gasteiger partial charge in [-0.25, -0.2) is 0 Å². The first kappa shape index (κ1) is 14.4. The van der Waals surface area contributed by atoms with Crippen LogP contribution in [0.5, 0.6) is 0 Å². The summed E-state index contributed by atoms with van der Waals surface area (Å²) < 4.78 is 0. The lowest BCUT2D eigenvalue weighted by molar-refractivity contribution is -0.130. The van der Waals surface area contributed by atoms with E-state index in [0.29, 0.717) is 11.4 Å². The molecule has 6 heteroatoms. The fourth-order valence-corrected chi connectivity index (χ4v) is 2.00. The van der Waals surface area contributed by atoms with Gasteiger partial charge in [-0.1, -0.05) is 12.1 Å². The minimum atomic E-state index is -0.263. The molecular formula is C12H16N2O3S. The molecule has 1 aromatic heterocycles. The number of nitrogens with one attached hydrogen (secondary N) is 1. The molecule has 0 aliphatic carbocycles. The molecule has 0 spiro atoms. The highest BCUT2D eigenvalue weighted by atomic mass is 32.1. The Morgan fingerprint density at radius 1 is 1.56 bits per heavy atom. The van der Waals surface area contributed by atoms with E-state index in [1.807, 2.05) is 0 Å². The Labute approximate surface area is 110 Å². The third kappa shape index (κ3) is 4.31. The van der Waals surface area contributed by atoms with Crippen LogP contribution in [0.1, 0.15) is 9.67 Å². The Balaban J connectivity index is 2.43. The van der Waals surface area contributed by atoms with E-state index < -0.39 is 0 Å². The molecule has 0 aliphatic heterocycles. The number of hydrogen-bond acceptors (Lipinski definition) is 4. The molecule has 98 valence electrons. The van der Waals surface area contributed by atoms with Crippen molar-refractivity contribution < 1.29 is 14.7 Å². The van der Waals surface area contributed by atoms with E-state index in [0.717, 1.165) is 0 Å². The van der Waals surface area contributed by atoms with Crippen molar-refractivity contribution in [3.05, 3.63) is 35.0 Å². The molecule has 0 unspecified atom stereocenters. The molecule has 0 aromatic carbocycles. The maximum atomic E-state index is 11.8. The van der Waals surface area contributed by atoms with Gasteiger partial charge in [0.05, 0.1) is 18.0 Å². The number of carbonyl (C=O) groups is 2. The van der Waals surface area contributed by atoms with E-state index in [4.69, 9.17) is 5.11 Å². The number of amides is 2. The van der Waals surface area contributed by atoms with Crippen molar-refractivity contribution in [3.8, 4) is 0 Å². The van der Waals surface area contributed by atoms with Crippen molar-refractivity contribution in [2.24, 2.45) is 0 Å². The van der Waals surface area contributed by atoms with E-state index in [9.17, 15) is 9.59 Å². The zero-order valence-corrected chi connectivity index (χ0v) is 10.8. The summed E-state index contributed by atoms with van der Waals surface area (Å²) in [5.74, 6) is -0.505. The summed E-state index contributed by atoms with van der Waals surface area (Å²) in [4.78, 5) is 25.4. The highest BCUT2D eigenvalue weighted by molar-refractivity contribution is 7.12. The number of aliphatic hydroxyl groups excluding tert-OH is 1. The van der Waals surface area contributed by atoms with Crippen molar-refractivity contribution in [2.75, 3.05) is 26.2 Å². The smallest absolute Gasteiger partial charge is 0.261 e. The SMILES string of the molecule is C=CCN(CCO)C(=O)CNC(=O)c1cccs1. The Morgan fingerprint density at radius 3 is 2.89 bits per heavy atom. The van der Waals surface area contributed by atoms with Gasteiger partial charge in [0.1, 0.15) is 0 Å². The van der Waals surface area contributed by atoms with Crippen molar-refractivity contribution in [1.29, 1.82) is 0 Å². The predicted molar refractivity (Wildman–Crippen MR) is 70.5 cm³/mol. The quantitative estimate of drug-likeness (QED) is 0.707. The first-order valence-electron chi connectivity index (χ1n) is 5.50. The predicted octanol–water partition coefficient (Wildman–Crippen LogP) is 0.485. The second-order valence-electron chi connectivity index (χ2n) is 3.51. The summed E-state index contributed by atoms with van der Waals surface area (Å²) in [6.07, 6.45) is 1.58. The van der Waals surface area contributed by atoms with Gasteiger partial charge in [-0.15, -0.1) is 17.9 Å². The zero-order valence-electron chi connectivity index (χ0n) is 9.96. The van der Waals surface area contributed by atoms with Gasteiger partial charge in [0.2, 0.25) is 5.91 Å². The van der Waals surface area contributed by atoms with E-state index >= 15 is 0 Å². The molecule has 0 saturated carbocycles. The van der Waals surface area contributed by atoms with Crippen molar-refractivity contribution in [2.45, 2.75) is 0 Å². The lowest BCUT2D eigenvalue weighted by Crippen LogP contribution is -2.41.